The lowest BCUT2D eigenvalue weighted by Crippen LogP contribution is -2.33. The molecule has 0 amide bonds. The topological polar surface area (TPSA) is 148 Å². The minimum Gasteiger partial charge on any atom is -0.383 e. The molecule has 0 unspecified atom stereocenters. The first-order chi connectivity index (χ1) is 8.20. The monoisotopic (exact) mass is 279 g/mol. The molecule has 0 spiro atoms. The normalized spacial score (nSPS) is 15.3. The molecule has 0 aromatic carbocycles. The number of nitrogen functional groups attached to an aromatic ring is 1. The Morgan fingerprint density at radius 2 is 2.22 bits per heavy atom. The third kappa shape index (κ3) is 4.21. The summed E-state index contributed by atoms with van der Waals surface area (Å²) in [4.78, 5) is 32.1. The Kier molecular flexibility index (Phi) is 4.60. The van der Waals surface area contributed by atoms with Crippen molar-refractivity contribution >= 4 is 13.4 Å². The zero-order valence-corrected chi connectivity index (χ0v) is 10.4. The minimum absolute atomic E-state index is 0.0362. The molecule has 0 saturated carbocycles. The Morgan fingerprint density at radius 1 is 1.61 bits per heavy atom. The Hall–Kier alpha value is -1.25. The van der Waals surface area contributed by atoms with Crippen LogP contribution in [0.2, 0.25) is 0 Å². The fourth-order valence-corrected chi connectivity index (χ4v) is 1.53. The first-order valence-corrected chi connectivity index (χ1v) is 6.69. The van der Waals surface area contributed by atoms with Gasteiger partial charge < -0.3 is 25.4 Å². The van der Waals surface area contributed by atoms with Crippen molar-refractivity contribution in [2.24, 2.45) is 0 Å². The van der Waals surface area contributed by atoms with Crippen molar-refractivity contribution in [3.8, 4) is 0 Å². The third-order valence-corrected chi connectivity index (χ3v) is 2.60. The Morgan fingerprint density at radius 3 is 2.72 bits per heavy atom. The summed E-state index contributed by atoms with van der Waals surface area (Å²) in [5, 5.41) is 9.54. The van der Waals surface area contributed by atoms with Gasteiger partial charge in [0.05, 0.1) is 6.04 Å². The molecule has 0 aliphatic heterocycles. The van der Waals surface area contributed by atoms with Gasteiger partial charge in [0.15, 0.2) is 12.6 Å². The highest BCUT2D eigenvalue weighted by Gasteiger charge is 2.22. The zero-order chi connectivity index (χ0) is 13.9. The van der Waals surface area contributed by atoms with Crippen LogP contribution in [0.5, 0.6) is 0 Å². The molecular formula is C8H14N3O6P. The van der Waals surface area contributed by atoms with E-state index in [1.807, 2.05) is 0 Å². The van der Waals surface area contributed by atoms with E-state index in [4.69, 9.17) is 15.5 Å². The van der Waals surface area contributed by atoms with Crippen molar-refractivity contribution < 1.29 is 24.2 Å². The highest BCUT2D eigenvalue weighted by atomic mass is 31.2. The maximum Gasteiger partial charge on any atom is 0.351 e. The summed E-state index contributed by atoms with van der Waals surface area (Å²) >= 11 is 0. The second-order valence-electron chi connectivity index (χ2n) is 3.63. The van der Waals surface area contributed by atoms with Crippen LogP contribution in [0.25, 0.3) is 0 Å². The summed E-state index contributed by atoms with van der Waals surface area (Å²) < 4.78 is 16.2. The van der Waals surface area contributed by atoms with E-state index in [2.05, 4.69) is 9.72 Å². The number of aromatic nitrogens is 2. The van der Waals surface area contributed by atoms with Crippen LogP contribution < -0.4 is 11.4 Å². The van der Waals surface area contributed by atoms with E-state index in [9.17, 15) is 14.5 Å². The fourth-order valence-electron chi connectivity index (χ4n) is 1.19. The first kappa shape index (κ1) is 14.8. The quantitative estimate of drug-likeness (QED) is 0.390. The Labute approximate surface area is 102 Å². The average molecular weight is 279 g/mol. The van der Waals surface area contributed by atoms with Crippen molar-refractivity contribution in [2.75, 3.05) is 12.1 Å². The molecule has 1 rings (SSSR count). The van der Waals surface area contributed by atoms with Gasteiger partial charge in [0.25, 0.3) is 0 Å². The molecule has 0 bridgehead atoms. The molecule has 9 nitrogen and oxygen atoms in total. The molecule has 1 aromatic heterocycles. The number of rotatable bonds is 5. The second kappa shape index (κ2) is 5.59. The van der Waals surface area contributed by atoms with Crippen LogP contribution in [0.4, 0.5) is 5.82 Å². The van der Waals surface area contributed by atoms with Crippen LogP contribution in [-0.4, -0.2) is 37.1 Å². The van der Waals surface area contributed by atoms with E-state index in [1.165, 1.54) is 19.2 Å². The molecule has 5 N–H and O–H groups in total. The molecule has 1 heterocycles. The van der Waals surface area contributed by atoms with Crippen molar-refractivity contribution in [2.45, 2.75) is 19.3 Å². The van der Waals surface area contributed by atoms with Crippen LogP contribution in [0.3, 0.4) is 0 Å². The molecule has 1 aromatic rings. The van der Waals surface area contributed by atoms with Crippen molar-refractivity contribution in [1.29, 1.82) is 0 Å². The van der Waals surface area contributed by atoms with Crippen LogP contribution in [-0.2, 0) is 9.30 Å². The molecule has 2 atom stereocenters. The lowest BCUT2D eigenvalue weighted by atomic mass is 10.3. The van der Waals surface area contributed by atoms with E-state index >= 15 is 0 Å². The predicted molar refractivity (Wildman–Crippen MR) is 61.6 cm³/mol. The maximum absolute atomic E-state index is 11.4. The van der Waals surface area contributed by atoms with Crippen LogP contribution in [0.15, 0.2) is 17.1 Å². The summed E-state index contributed by atoms with van der Waals surface area (Å²) in [5.41, 5.74) is 4.61. The smallest absolute Gasteiger partial charge is 0.351 e. The molecule has 102 valence electrons. The number of hydrogen-bond donors (Lipinski definition) is 4. The summed E-state index contributed by atoms with van der Waals surface area (Å²) in [5.74, 6) is 0.0362. The van der Waals surface area contributed by atoms with E-state index in [0.29, 0.717) is 0 Å². The summed E-state index contributed by atoms with van der Waals surface area (Å²) in [6, 6.07) is 0.491. The van der Waals surface area contributed by atoms with Crippen molar-refractivity contribution in [1.82, 2.24) is 9.55 Å². The number of ether oxygens (including phenoxy) is 1. The van der Waals surface area contributed by atoms with Gasteiger partial charge in [-0.2, -0.15) is 4.98 Å². The lowest BCUT2D eigenvalue weighted by Gasteiger charge is -2.21. The van der Waals surface area contributed by atoms with E-state index in [-0.39, 0.29) is 5.82 Å². The molecule has 0 aliphatic rings. The third-order valence-electron chi connectivity index (χ3n) is 2.12. The largest absolute Gasteiger partial charge is 0.383 e. The Bertz CT molecular complexity index is 512. The van der Waals surface area contributed by atoms with Gasteiger partial charge in [0.1, 0.15) is 5.82 Å². The van der Waals surface area contributed by atoms with E-state index < -0.39 is 32.0 Å². The maximum atomic E-state index is 11.4. The molecule has 0 saturated heterocycles. The Balaban J connectivity index is 2.77. The molecule has 0 aliphatic carbocycles. The average Bonchev–Trinajstić information content (AvgIpc) is 2.24. The van der Waals surface area contributed by atoms with Gasteiger partial charge in [0.2, 0.25) is 0 Å². The van der Waals surface area contributed by atoms with Crippen LogP contribution in [0, 0.1) is 0 Å². The number of aliphatic hydroxyl groups is 1. The number of anilines is 1. The van der Waals surface area contributed by atoms with Crippen LogP contribution in [0.1, 0.15) is 13.0 Å². The highest BCUT2D eigenvalue weighted by molar-refractivity contribution is 7.51. The van der Waals surface area contributed by atoms with Gasteiger partial charge in [-0.3, -0.25) is 9.13 Å². The highest BCUT2D eigenvalue weighted by Crippen LogP contribution is 2.34. The fraction of sp³-hybridized carbons (Fsp3) is 0.500. The van der Waals surface area contributed by atoms with E-state index in [1.54, 1.807) is 0 Å². The molecule has 18 heavy (non-hydrogen) atoms. The predicted octanol–water partition coefficient (Wildman–Crippen LogP) is -1.14. The van der Waals surface area contributed by atoms with Crippen LogP contribution >= 0.6 is 7.60 Å². The summed E-state index contributed by atoms with van der Waals surface area (Å²) in [6.07, 6.45) is -1.18. The molecule has 0 radical (unpaired) electrons. The minimum atomic E-state index is -4.38. The van der Waals surface area contributed by atoms with Gasteiger partial charge in [-0.05, 0) is 13.0 Å². The number of hydrogen-bond acceptors (Lipinski definition) is 6. The number of nitrogens with two attached hydrogens (primary N) is 1. The van der Waals surface area contributed by atoms with Crippen molar-refractivity contribution in [3.63, 3.8) is 0 Å². The standard InChI is InChI=1S/C8H14N3O6P/c1-5(7(12)17-4-18(14,15)16)11-3-2-6(9)10-8(11)13/h2-3,5,7,12H,4H2,1H3,(H2,9,10,13)(H2,14,15,16)/t5-,7-/m0/s1. The summed E-state index contributed by atoms with van der Waals surface area (Å²) in [7, 11) is -4.38. The molecular weight excluding hydrogens is 265 g/mol. The zero-order valence-electron chi connectivity index (χ0n) is 9.50. The van der Waals surface area contributed by atoms with Gasteiger partial charge in [-0.15, -0.1) is 0 Å². The van der Waals surface area contributed by atoms with Crippen molar-refractivity contribution in [3.05, 3.63) is 22.7 Å². The molecule has 10 heteroatoms. The van der Waals surface area contributed by atoms with Gasteiger partial charge in [-0.25, -0.2) is 4.79 Å². The van der Waals surface area contributed by atoms with E-state index in [0.717, 1.165) is 4.57 Å². The van der Waals surface area contributed by atoms with Gasteiger partial charge in [0, 0.05) is 6.20 Å². The second-order valence-corrected chi connectivity index (χ2v) is 5.22. The SMILES string of the molecule is C[C@@H]([C@@H](O)OCP(=O)(O)O)n1ccc(N)nc1=O. The van der Waals surface area contributed by atoms with Gasteiger partial charge in [-0.1, -0.05) is 0 Å². The number of nitrogens with zero attached hydrogens (tertiary/aromatic N) is 2. The lowest BCUT2D eigenvalue weighted by molar-refractivity contribution is -0.114. The number of aliphatic hydroxyl groups excluding tert-OH is 1. The first-order valence-electron chi connectivity index (χ1n) is 4.89. The van der Waals surface area contributed by atoms with Gasteiger partial charge >= 0.3 is 13.3 Å². The molecule has 0 fully saturated rings. The summed E-state index contributed by atoms with van der Waals surface area (Å²) in [6.45, 7) is 1.43.